The topological polar surface area (TPSA) is 36.4 Å². The van der Waals surface area contributed by atoms with Gasteiger partial charge in [-0.05, 0) is 24.0 Å². The van der Waals surface area contributed by atoms with Crippen LogP contribution < -0.4 is 4.90 Å². The van der Waals surface area contributed by atoms with E-state index < -0.39 is 11.7 Å². The lowest BCUT2D eigenvalue weighted by Gasteiger charge is -2.23. The average molecular weight is 353 g/mol. The Balaban J connectivity index is 1.37. The van der Waals surface area contributed by atoms with Crippen molar-refractivity contribution < 1.29 is 18.0 Å². The molecule has 25 heavy (non-hydrogen) atoms. The fourth-order valence-corrected chi connectivity index (χ4v) is 4.21. The van der Waals surface area contributed by atoms with Crippen LogP contribution in [0.3, 0.4) is 0 Å². The fraction of sp³-hybridized carbons (Fsp3) is 0.667. The number of carbonyl (C=O) groups excluding carboxylic acids is 1. The normalized spacial score (nSPS) is 30.5. The zero-order valence-electron chi connectivity index (χ0n) is 14.4. The van der Waals surface area contributed by atoms with Crippen molar-refractivity contribution in [3.05, 3.63) is 23.9 Å². The molecule has 0 radical (unpaired) electrons. The van der Waals surface area contributed by atoms with Gasteiger partial charge in [-0.1, -0.05) is 13.8 Å². The quantitative estimate of drug-likeness (QED) is 0.820. The van der Waals surface area contributed by atoms with Crippen molar-refractivity contribution in [2.75, 3.05) is 31.1 Å². The molecule has 3 fully saturated rings. The van der Waals surface area contributed by atoms with E-state index in [1.807, 2.05) is 9.80 Å². The fourth-order valence-electron chi connectivity index (χ4n) is 4.21. The zero-order valence-corrected chi connectivity index (χ0v) is 14.4. The van der Waals surface area contributed by atoms with Crippen LogP contribution in [-0.2, 0) is 11.0 Å². The SMILES string of the molecule is CC1(C)CC1C(=O)N1CC2CN(c3ccc(C(F)(F)F)cn3)CC2C1. The van der Waals surface area contributed by atoms with Gasteiger partial charge in [-0.25, -0.2) is 4.98 Å². The van der Waals surface area contributed by atoms with Gasteiger partial charge in [-0.15, -0.1) is 0 Å². The van der Waals surface area contributed by atoms with Crippen molar-refractivity contribution in [2.24, 2.45) is 23.2 Å². The molecule has 1 aromatic heterocycles. The lowest BCUT2D eigenvalue weighted by Crippen LogP contribution is -2.35. The summed E-state index contributed by atoms with van der Waals surface area (Å²) in [5, 5.41) is 0. The summed E-state index contributed by atoms with van der Waals surface area (Å²) in [4.78, 5) is 20.6. The first-order chi connectivity index (χ1) is 11.6. The summed E-state index contributed by atoms with van der Waals surface area (Å²) >= 11 is 0. The van der Waals surface area contributed by atoms with Crippen molar-refractivity contribution in [3.63, 3.8) is 0 Å². The molecule has 2 saturated heterocycles. The minimum absolute atomic E-state index is 0.144. The average Bonchev–Trinajstić information content (AvgIpc) is 2.86. The predicted octanol–water partition coefficient (Wildman–Crippen LogP) is 3.04. The summed E-state index contributed by atoms with van der Waals surface area (Å²) in [6.07, 6.45) is -2.49. The first-order valence-electron chi connectivity index (χ1n) is 8.72. The number of rotatable bonds is 2. The Morgan fingerprint density at radius 1 is 1.16 bits per heavy atom. The zero-order chi connectivity index (χ0) is 18.0. The highest BCUT2D eigenvalue weighted by molar-refractivity contribution is 5.82. The van der Waals surface area contributed by atoms with Crippen molar-refractivity contribution in [3.8, 4) is 0 Å². The minimum atomic E-state index is -4.36. The third kappa shape index (κ3) is 2.98. The second-order valence-electron chi connectivity index (χ2n) is 8.32. The second kappa shape index (κ2) is 5.35. The van der Waals surface area contributed by atoms with E-state index >= 15 is 0 Å². The maximum atomic E-state index is 12.6. The molecular weight excluding hydrogens is 331 g/mol. The highest BCUT2D eigenvalue weighted by Gasteiger charge is 2.54. The van der Waals surface area contributed by atoms with Gasteiger partial charge in [0.1, 0.15) is 5.82 Å². The van der Waals surface area contributed by atoms with Crippen LogP contribution in [0.4, 0.5) is 19.0 Å². The molecule has 3 unspecified atom stereocenters. The summed E-state index contributed by atoms with van der Waals surface area (Å²) < 4.78 is 37.9. The lowest BCUT2D eigenvalue weighted by atomic mass is 10.0. The number of anilines is 1. The molecule has 0 bridgehead atoms. The molecule has 4 nitrogen and oxygen atoms in total. The van der Waals surface area contributed by atoms with Crippen LogP contribution in [-0.4, -0.2) is 42.0 Å². The molecule has 7 heteroatoms. The smallest absolute Gasteiger partial charge is 0.356 e. The molecule has 0 N–H and O–H groups in total. The molecule has 3 aliphatic rings. The van der Waals surface area contributed by atoms with E-state index in [4.69, 9.17) is 0 Å². The van der Waals surface area contributed by atoms with Gasteiger partial charge in [0.15, 0.2) is 0 Å². The number of pyridine rings is 1. The predicted molar refractivity (Wildman–Crippen MR) is 86.9 cm³/mol. The van der Waals surface area contributed by atoms with Crippen molar-refractivity contribution in [1.29, 1.82) is 0 Å². The molecular formula is C18H22F3N3O. The Kier molecular flexibility index (Phi) is 3.57. The van der Waals surface area contributed by atoms with Crippen LogP contribution in [0.25, 0.3) is 0 Å². The van der Waals surface area contributed by atoms with Crippen LogP contribution in [0, 0.1) is 23.2 Å². The van der Waals surface area contributed by atoms with E-state index in [9.17, 15) is 18.0 Å². The standard InChI is InChI=1S/C18H22F3N3O/c1-17(2)5-14(17)16(25)24-9-11-7-23(8-12(11)10-24)15-4-3-13(6-22-15)18(19,20)21/h3-4,6,11-12,14H,5,7-10H2,1-2H3. The third-order valence-corrected chi connectivity index (χ3v) is 6.01. The highest BCUT2D eigenvalue weighted by Crippen LogP contribution is 2.53. The number of alkyl halides is 3. The molecule has 1 saturated carbocycles. The summed E-state index contributed by atoms with van der Waals surface area (Å²) in [5.41, 5.74) is -0.579. The highest BCUT2D eigenvalue weighted by atomic mass is 19.4. The molecule has 3 heterocycles. The molecule has 1 amide bonds. The number of carbonyl (C=O) groups is 1. The molecule has 0 aromatic carbocycles. The first kappa shape index (κ1) is 16.7. The van der Waals surface area contributed by atoms with Crippen molar-refractivity contribution in [2.45, 2.75) is 26.4 Å². The lowest BCUT2D eigenvalue weighted by molar-refractivity contribution is -0.137. The van der Waals surface area contributed by atoms with Crippen LogP contribution in [0.1, 0.15) is 25.8 Å². The summed E-state index contributed by atoms with van der Waals surface area (Å²) in [7, 11) is 0. The largest absolute Gasteiger partial charge is 0.417 e. The van der Waals surface area contributed by atoms with Gasteiger partial charge in [0.2, 0.25) is 5.91 Å². The summed E-state index contributed by atoms with van der Waals surface area (Å²) in [6, 6.07) is 2.53. The van der Waals surface area contributed by atoms with E-state index in [1.54, 1.807) is 0 Å². The minimum Gasteiger partial charge on any atom is -0.356 e. The molecule has 4 rings (SSSR count). The number of hydrogen-bond donors (Lipinski definition) is 0. The number of fused-ring (bicyclic) bond motifs is 1. The summed E-state index contributed by atoms with van der Waals surface area (Å²) in [6.45, 7) is 7.27. The van der Waals surface area contributed by atoms with Gasteiger partial charge in [0.05, 0.1) is 5.56 Å². The number of likely N-dealkylation sites (tertiary alicyclic amines) is 1. The first-order valence-corrected chi connectivity index (χ1v) is 8.72. The number of halogens is 3. The number of amides is 1. The summed E-state index contributed by atoms with van der Waals surface area (Å²) in [5.74, 6) is 1.80. The maximum absolute atomic E-state index is 12.6. The Labute approximate surface area is 145 Å². The molecule has 1 aliphatic carbocycles. The number of hydrogen-bond acceptors (Lipinski definition) is 3. The number of aromatic nitrogens is 1. The van der Waals surface area contributed by atoms with E-state index in [0.717, 1.165) is 44.9 Å². The van der Waals surface area contributed by atoms with Gasteiger partial charge in [0.25, 0.3) is 0 Å². The van der Waals surface area contributed by atoms with E-state index in [-0.39, 0.29) is 17.2 Å². The molecule has 136 valence electrons. The Morgan fingerprint density at radius 2 is 1.76 bits per heavy atom. The monoisotopic (exact) mass is 353 g/mol. The molecule has 3 atom stereocenters. The van der Waals surface area contributed by atoms with Crippen molar-refractivity contribution in [1.82, 2.24) is 9.88 Å². The van der Waals surface area contributed by atoms with Crippen LogP contribution in [0.15, 0.2) is 18.3 Å². The van der Waals surface area contributed by atoms with Gasteiger partial charge in [0, 0.05) is 50.1 Å². The van der Waals surface area contributed by atoms with E-state index in [2.05, 4.69) is 18.8 Å². The molecule has 1 aromatic rings. The van der Waals surface area contributed by atoms with Gasteiger partial charge in [-0.3, -0.25) is 4.79 Å². The van der Waals surface area contributed by atoms with Gasteiger partial charge < -0.3 is 9.80 Å². The Hall–Kier alpha value is -1.79. The van der Waals surface area contributed by atoms with Crippen LogP contribution >= 0.6 is 0 Å². The third-order valence-electron chi connectivity index (χ3n) is 6.01. The van der Waals surface area contributed by atoms with Gasteiger partial charge >= 0.3 is 6.18 Å². The Morgan fingerprint density at radius 3 is 2.20 bits per heavy atom. The van der Waals surface area contributed by atoms with Crippen LogP contribution in [0.5, 0.6) is 0 Å². The van der Waals surface area contributed by atoms with Gasteiger partial charge in [-0.2, -0.15) is 13.2 Å². The van der Waals surface area contributed by atoms with E-state index in [0.29, 0.717) is 17.7 Å². The Bertz CT molecular complexity index is 672. The molecule has 0 spiro atoms. The van der Waals surface area contributed by atoms with Crippen LogP contribution in [0.2, 0.25) is 0 Å². The molecule has 2 aliphatic heterocycles. The van der Waals surface area contributed by atoms with Crippen molar-refractivity contribution >= 4 is 11.7 Å². The second-order valence-corrected chi connectivity index (χ2v) is 8.32. The number of nitrogens with zero attached hydrogens (tertiary/aromatic N) is 3. The maximum Gasteiger partial charge on any atom is 0.417 e. The van der Waals surface area contributed by atoms with E-state index in [1.165, 1.54) is 6.07 Å².